The van der Waals surface area contributed by atoms with E-state index in [0.29, 0.717) is 12.2 Å². The van der Waals surface area contributed by atoms with Crippen LogP contribution in [0.3, 0.4) is 0 Å². The van der Waals surface area contributed by atoms with Gasteiger partial charge in [-0.05, 0) is 42.1 Å². The van der Waals surface area contributed by atoms with Gasteiger partial charge in [0.2, 0.25) is 0 Å². The molecule has 0 aliphatic rings. The maximum atomic E-state index is 11.8. The van der Waals surface area contributed by atoms with E-state index in [-0.39, 0.29) is 10.6 Å². The van der Waals surface area contributed by atoms with E-state index in [4.69, 9.17) is 16.7 Å². The molecule has 1 aromatic heterocycles. The fraction of sp³-hybridized carbons (Fsp3) is 0.143. The van der Waals surface area contributed by atoms with Crippen molar-refractivity contribution in [3.8, 4) is 0 Å². The van der Waals surface area contributed by atoms with Crippen LogP contribution < -0.4 is 10.6 Å². The Morgan fingerprint density at radius 3 is 2.71 bits per heavy atom. The van der Waals surface area contributed by atoms with Crippen LogP contribution >= 0.6 is 22.9 Å². The number of amides is 2. The van der Waals surface area contributed by atoms with Crippen molar-refractivity contribution in [1.29, 1.82) is 0 Å². The van der Waals surface area contributed by atoms with Gasteiger partial charge in [0.15, 0.2) is 0 Å². The molecule has 110 valence electrons. The molecule has 0 aliphatic heterocycles. The molecule has 21 heavy (non-hydrogen) atoms. The molecule has 3 N–H and O–H groups in total. The van der Waals surface area contributed by atoms with E-state index in [2.05, 4.69) is 10.6 Å². The molecule has 1 aromatic carbocycles. The second-order valence-corrected chi connectivity index (χ2v) is 5.74. The fourth-order valence-corrected chi connectivity index (χ4v) is 2.73. The summed E-state index contributed by atoms with van der Waals surface area (Å²) in [6, 6.07) is 5.88. The SMILES string of the molecule is Cc1ccsc1CNC(=O)Nc1ccc(Cl)c(C(=O)O)c1. The van der Waals surface area contributed by atoms with Gasteiger partial charge in [0.1, 0.15) is 0 Å². The average molecular weight is 325 g/mol. The molecule has 0 bridgehead atoms. The number of rotatable bonds is 4. The summed E-state index contributed by atoms with van der Waals surface area (Å²) in [6.45, 7) is 2.40. The lowest BCUT2D eigenvalue weighted by Gasteiger charge is -2.08. The zero-order chi connectivity index (χ0) is 15.4. The third-order valence-corrected chi connectivity index (χ3v) is 4.18. The maximum Gasteiger partial charge on any atom is 0.337 e. The first kappa shape index (κ1) is 15.3. The topological polar surface area (TPSA) is 78.4 Å². The Morgan fingerprint density at radius 2 is 2.10 bits per heavy atom. The first-order valence-electron chi connectivity index (χ1n) is 6.08. The molecule has 0 aliphatic carbocycles. The van der Waals surface area contributed by atoms with Gasteiger partial charge in [0, 0.05) is 10.6 Å². The third-order valence-electron chi connectivity index (χ3n) is 2.83. The second kappa shape index (κ2) is 6.60. The normalized spacial score (nSPS) is 10.2. The lowest BCUT2D eigenvalue weighted by atomic mass is 10.2. The number of urea groups is 1. The molecule has 1 heterocycles. The number of anilines is 1. The number of benzene rings is 1. The van der Waals surface area contributed by atoms with Crippen molar-refractivity contribution in [3.05, 3.63) is 50.7 Å². The lowest BCUT2D eigenvalue weighted by molar-refractivity contribution is 0.0697. The number of halogens is 1. The largest absolute Gasteiger partial charge is 0.478 e. The zero-order valence-electron chi connectivity index (χ0n) is 11.1. The van der Waals surface area contributed by atoms with Crippen LogP contribution in [0.2, 0.25) is 5.02 Å². The molecule has 0 radical (unpaired) electrons. The molecule has 0 atom stereocenters. The molecule has 2 aromatic rings. The third kappa shape index (κ3) is 3.96. The molecule has 5 nitrogen and oxygen atoms in total. The predicted molar refractivity (Wildman–Crippen MR) is 83.3 cm³/mol. The minimum Gasteiger partial charge on any atom is -0.478 e. The molecule has 2 amide bonds. The first-order chi connectivity index (χ1) is 9.97. The van der Waals surface area contributed by atoms with Crippen molar-refractivity contribution in [2.45, 2.75) is 13.5 Å². The summed E-state index contributed by atoms with van der Waals surface area (Å²) < 4.78 is 0. The lowest BCUT2D eigenvalue weighted by Crippen LogP contribution is -2.28. The van der Waals surface area contributed by atoms with E-state index in [1.807, 2.05) is 18.4 Å². The molecule has 0 saturated heterocycles. The van der Waals surface area contributed by atoms with E-state index in [9.17, 15) is 9.59 Å². The number of carboxylic acid groups (broad SMARTS) is 1. The van der Waals surface area contributed by atoms with Crippen LogP contribution in [-0.2, 0) is 6.54 Å². The number of hydrogen-bond acceptors (Lipinski definition) is 3. The Balaban J connectivity index is 1.98. The molecule has 0 spiro atoms. The average Bonchev–Trinajstić information content (AvgIpc) is 2.84. The number of thiophene rings is 1. The van der Waals surface area contributed by atoms with Crippen molar-refractivity contribution in [1.82, 2.24) is 5.32 Å². The van der Waals surface area contributed by atoms with Crippen molar-refractivity contribution >= 4 is 40.6 Å². The number of carbonyl (C=O) groups is 2. The van der Waals surface area contributed by atoms with Gasteiger partial charge in [-0.25, -0.2) is 9.59 Å². The van der Waals surface area contributed by atoms with Crippen LogP contribution in [0.4, 0.5) is 10.5 Å². The zero-order valence-corrected chi connectivity index (χ0v) is 12.7. The summed E-state index contributed by atoms with van der Waals surface area (Å²) >= 11 is 7.33. The van der Waals surface area contributed by atoms with Gasteiger partial charge in [-0.1, -0.05) is 11.6 Å². The standard InChI is InChI=1S/C14H13ClN2O3S/c1-8-4-5-21-12(8)7-16-14(20)17-9-2-3-11(15)10(6-9)13(18)19/h2-6H,7H2,1H3,(H,18,19)(H2,16,17,20). The van der Waals surface area contributed by atoms with Crippen LogP contribution in [0.5, 0.6) is 0 Å². The fourth-order valence-electron chi connectivity index (χ4n) is 1.69. The van der Waals surface area contributed by atoms with Gasteiger partial charge in [-0.15, -0.1) is 11.3 Å². The summed E-state index contributed by atoms with van der Waals surface area (Å²) in [4.78, 5) is 23.8. The molecular weight excluding hydrogens is 312 g/mol. The van der Waals surface area contributed by atoms with Crippen molar-refractivity contribution in [3.63, 3.8) is 0 Å². The summed E-state index contributed by atoms with van der Waals surface area (Å²) in [5, 5.41) is 16.4. The van der Waals surface area contributed by atoms with Crippen molar-refractivity contribution in [2.75, 3.05) is 5.32 Å². The number of hydrogen-bond donors (Lipinski definition) is 3. The number of aryl methyl sites for hydroxylation is 1. The highest BCUT2D eigenvalue weighted by atomic mass is 35.5. The Morgan fingerprint density at radius 1 is 1.33 bits per heavy atom. The quantitative estimate of drug-likeness (QED) is 0.801. The summed E-state index contributed by atoms with van der Waals surface area (Å²) in [5.41, 5.74) is 1.45. The smallest absolute Gasteiger partial charge is 0.337 e. The van der Waals surface area contributed by atoms with Crippen LogP contribution in [-0.4, -0.2) is 17.1 Å². The van der Waals surface area contributed by atoms with E-state index in [1.165, 1.54) is 12.1 Å². The highest BCUT2D eigenvalue weighted by Crippen LogP contribution is 2.20. The van der Waals surface area contributed by atoms with E-state index in [1.54, 1.807) is 17.4 Å². The van der Waals surface area contributed by atoms with Crippen LogP contribution in [0, 0.1) is 6.92 Å². The predicted octanol–water partition coefficient (Wildman–Crippen LogP) is 3.73. The molecule has 0 saturated carbocycles. The summed E-state index contributed by atoms with van der Waals surface area (Å²) in [6.07, 6.45) is 0. The first-order valence-corrected chi connectivity index (χ1v) is 7.34. The van der Waals surface area contributed by atoms with Gasteiger partial charge >= 0.3 is 12.0 Å². The van der Waals surface area contributed by atoms with Crippen LogP contribution in [0.1, 0.15) is 20.8 Å². The highest BCUT2D eigenvalue weighted by Gasteiger charge is 2.11. The molecule has 0 fully saturated rings. The number of carboxylic acids is 1. The number of aromatic carboxylic acids is 1. The Labute approximate surface area is 130 Å². The molecular formula is C14H13ClN2O3S. The summed E-state index contributed by atoms with van der Waals surface area (Å²) in [5.74, 6) is -1.14. The van der Waals surface area contributed by atoms with Gasteiger partial charge < -0.3 is 15.7 Å². The Hall–Kier alpha value is -2.05. The maximum absolute atomic E-state index is 11.8. The molecule has 2 rings (SSSR count). The van der Waals surface area contributed by atoms with Crippen molar-refractivity contribution < 1.29 is 14.7 Å². The van der Waals surface area contributed by atoms with Crippen molar-refractivity contribution in [2.24, 2.45) is 0 Å². The molecule has 0 unspecified atom stereocenters. The van der Waals surface area contributed by atoms with E-state index < -0.39 is 12.0 Å². The summed E-state index contributed by atoms with van der Waals surface area (Å²) in [7, 11) is 0. The Kier molecular flexibility index (Phi) is 4.82. The van der Waals surface area contributed by atoms with E-state index in [0.717, 1.165) is 10.4 Å². The van der Waals surface area contributed by atoms with Gasteiger partial charge in [-0.3, -0.25) is 0 Å². The van der Waals surface area contributed by atoms with Gasteiger partial charge in [0.05, 0.1) is 17.1 Å². The van der Waals surface area contributed by atoms with Gasteiger partial charge in [-0.2, -0.15) is 0 Å². The van der Waals surface area contributed by atoms with Gasteiger partial charge in [0.25, 0.3) is 0 Å². The number of carbonyl (C=O) groups excluding carboxylic acids is 1. The number of nitrogens with one attached hydrogen (secondary N) is 2. The second-order valence-electron chi connectivity index (χ2n) is 4.33. The van der Waals surface area contributed by atoms with Crippen LogP contribution in [0.25, 0.3) is 0 Å². The molecule has 7 heteroatoms. The monoisotopic (exact) mass is 324 g/mol. The minimum atomic E-state index is -1.14. The van der Waals surface area contributed by atoms with E-state index >= 15 is 0 Å². The minimum absolute atomic E-state index is 0.0523. The highest BCUT2D eigenvalue weighted by molar-refractivity contribution is 7.10. The Bertz CT molecular complexity index is 685. The van der Waals surface area contributed by atoms with Crippen LogP contribution in [0.15, 0.2) is 29.6 Å².